The van der Waals surface area contributed by atoms with Crippen molar-refractivity contribution in [2.45, 2.75) is 57.2 Å². The third-order valence-electron chi connectivity index (χ3n) is 8.47. The number of imidazole rings is 1. The Bertz CT molecular complexity index is 1360. The monoisotopic (exact) mass is 574 g/mol. The van der Waals surface area contributed by atoms with Gasteiger partial charge in [-0.25, -0.2) is 9.78 Å². The van der Waals surface area contributed by atoms with Gasteiger partial charge in [0.15, 0.2) is 5.69 Å². The second kappa shape index (κ2) is 13.7. The molecule has 10 nitrogen and oxygen atoms in total. The highest BCUT2D eigenvalue weighted by molar-refractivity contribution is 5.98. The second-order valence-corrected chi connectivity index (χ2v) is 11.1. The summed E-state index contributed by atoms with van der Waals surface area (Å²) in [5.74, 6) is 0.746. The van der Waals surface area contributed by atoms with Crippen LogP contribution in [-0.2, 0) is 4.74 Å². The summed E-state index contributed by atoms with van der Waals surface area (Å²) < 4.78 is 12.4. The Morgan fingerprint density at radius 2 is 1.90 bits per heavy atom. The van der Waals surface area contributed by atoms with Gasteiger partial charge >= 0.3 is 6.09 Å². The quantitative estimate of drug-likeness (QED) is 0.342. The number of nitrogens with one attached hydrogen (secondary N) is 3. The smallest absolute Gasteiger partial charge is 0.407 e. The molecule has 2 heterocycles. The SMILES string of the molecule is COC(=O)N[C@H]1CCCC[C@@H]1n1cnc(C(=O)N2CCNC[C@H]2CCNc2cc(OC)ccc2C)c1-c1ccccc1. The van der Waals surface area contributed by atoms with E-state index in [1.165, 1.54) is 7.11 Å². The number of methoxy groups -OCH3 is 2. The Balaban J connectivity index is 1.40. The van der Waals surface area contributed by atoms with Crippen molar-refractivity contribution in [3.63, 3.8) is 0 Å². The van der Waals surface area contributed by atoms with E-state index in [-0.39, 0.29) is 24.0 Å². The number of nitrogens with zero attached hydrogens (tertiary/aromatic N) is 3. The minimum atomic E-state index is -0.439. The van der Waals surface area contributed by atoms with E-state index >= 15 is 0 Å². The fourth-order valence-corrected chi connectivity index (χ4v) is 6.19. The van der Waals surface area contributed by atoms with Crippen molar-refractivity contribution in [3.8, 4) is 17.0 Å². The van der Waals surface area contributed by atoms with Crippen molar-refractivity contribution in [2.24, 2.45) is 0 Å². The van der Waals surface area contributed by atoms with Crippen LogP contribution in [-0.4, -0.2) is 78.9 Å². The summed E-state index contributed by atoms with van der Waals surface area (Å²) in [6.07, 6.45) is 5.91. The van der Waals surface area contributed by atoms with E-state index < -0.39 is 6.09 Å². The first kappa shape index (κ1) is 29.4. The van der Waals surface area contributed by atoms with Crippen molar-refractivity contribution < 1.29 is 19.1 Å². The zero-order valence-electron chi connectivity index (χ0n) is 24.8. The van der Waals surface area contributed by atoms with Crippen LogP contribution in [0, 0.1) is 6.92 Å². The predicted octanol–water partition coefficient (Wildman–Crippen LogP) is 4.62. The summed E-state index contributed by atoms with van der Waals surface area (Å²) in [4.78, 5) is 33.2. The molecule has 0 bridgehead atoms. The highest BCUT2D eigenvalue weighted by atomic mass is 16.5. The van der Waals surface area contributed by atoms with E-state index in [2.05, 4.69) is 27.4 Å². The number of carbonyl (C=O) groups is 2. The maximum atomic E-state index is 14.3. The lowest BCUT2D eigenvalue weighted by molar-refractivity contribution is 0.0624. The molecule has 224 valence electrons. The first-order chi connectivity index (χ1) is 20.5. The summed E-state index contributed by atoms with van der Waals surface area (Å²) in [7, 11) is 3.05. The molecular formula is C32H42N6O4. The molecule has 3 N–H and O–H groups in total. The molecular weight excluding hydrogens is 532 g/mol. The number of piperazine rings is 1. The topological polar surface area (TPSA) is 110 Å². The largest absolute Gasteiger partial charge is 0.497 e. The fraction of sp³-hybridized carbons (Fsp3) is 0.469. The lowest BCUT2D eigenvalue weighted by atomic mass is 9.89. The molecule has 0 unspecified atom stereocenters. The number of hydrogen-bond acceptors (Lipinski definition) is 7. The van der Waals surface area contributed by atoms with Gasteiger partial charge in [-0.1, -0.05) is 49.2 Å². The molecule has 2 fully saturated rings. The highest BCUT2D eigenvalue weighted by Gasteiger charge is 2.35. The van der Waals surface area contributed by atoms with Crippen LogP contribution in [0.2, 0.25) is 0 Å². The van der Waals surface area contributed by atoms with Gasteiger partial charge in [0.05, 0.1) is 38.3 Å². The molecule has 10 heteroatoms. The number of anilines is 1. The van der Waals surface area contributed by atoms with Crippen LogP contribution in [0.1, 0.15) is 54.2 Å². The van der Waals surface area contributed by atoms with Crippen LogP contribution >= 0.6 is 0 Å². The van der Waals surface area contributed by atoms with Gasteiger partial charge in [0, 0.05) is 49.5 Å². The molecule has 2 amide bonds. The van der Waals surface area contributed by atoms with E-state index in [9.17, 15) is 9.59 Å². The molecule has 0 spiro atoms. The number of amides is 2. The molecule has 1 aliphatic heterocycles. The molecule has 5 rings (SSSR count). The number of rotatable bonds is 9. The van der Waals surface area contributed by atoms with Crippen molar-refractivity contribution in [2.75, 3.05) is 45.7 Å². The molecule has 0 radical (unpaired) electrons. The first-order valence-corrected chi connectivity index (χ1v) is 14.9. The zero-order chi connectivity index (χ0) is 29.5. The van der Waals surface area contributed by atoms with E-state index in [0.717, 1.165) is 73.5 Å². The Morgan fingerprint density at radius 3 is 2.69 bits per heavy atom. The minimum absolute atomic E-state index is 0.0156. The van der Waals surface area contributed by atoms with Crippen LogP contribution in [0.4, 0.5) is 10.5 Å². The molecule has 1 aliphatic carbocycles. The van der Waals surface area contributed by atoms with Gasteiger partial charge in [-0.15, -0.1) is 0 Å². The summed E-state index contributed by atoms with van der Waals surface area (Å²) in [6.45, 7) is 4.85. The van der Waals surface area contributed by atoms with Gasteiger partial charge in [-0.2, -0.15) is 0 Å². The van der Waals surface area contributed by atoms with Gasteiger partial charge in [-0.3, -0.25) is 4.79 Å². The average molecular weight is 575 g/mol. The van der Waals surface area contributed by atoms with Gasteiger partial charge in [0.2, 0.25) is 0 Å². The van der Waals surface area contributed by atoms with Gasteiger partial charge in [0.1, 0.15) is 5.75 Å². The van der Waals surface area contributed by atoms with Crippen LogP contribution in [0.5, 0.6) is 5.75 Å². The molecule has 2 aliphatic rings. The summed E-state index contributed by atoms with van der Waals surface area (Å²) in [6, 6.07) is 15.8. The Hall–Kier alpha value is -4.05. The number of aromatic nitrogens is 2. The standard InChI is InChI=1S/C32H42N6O4/c1-22-13-14-25(41-2)19-27(22)34-16-15-24-20-33-17-18-37(24)31(39)29-30(23-9-5-4-6-10-23)38(21-35-29)28-12-8-7-11-26(28)36-32(40)42-3/h4-6,9-10,13-14,19,21,24,26,28,33-34H,7-8,11-12,15-18,20H2,1-3H3,(H,36,40)/t24-,26+,28+/m1/s1. The van der Waals surface area contributed by atoms with Crippen molar-refractivity contribution in [1.82, 2.24) is 25.1 Å². The van der Waals surface area contributed by atoms with E-state index in [4.69, 9.17) is 14.5 Å². The Morgan fingerprint density at radius 1 is 1.10 bits per heavy atom. The fourth-order valence-electron chi connectivity index (χ4n) is 6.19. The maximum Gasteiger partial charge on any atom is 0.407 e. The number of hydrogen-bond donors (Lipinski definition) is 3. The van der Waals surface area contributed by atoms with Gasteiger partial charge in [0.25, 0.3) is 5.91 Å². The summed E-state index contributed by atoms with van der Waals surface area (Å²) in [5, 5.41) is 10.0. The molecule has 1 saturated heterocycles. The average Bonchev–Trinajstić information content (AvgIpc) is 3.47. The lowest BCUT2D eigenvalue weighted by Crippen LogP contribution is -2.54. The molecule has 42 heavy (non-hydrogen) atoms. The number of benzene rings is 2. The molecule has 1 aromatic heterocycles. The number of carbonyl (C=O) groups excluding carboxylic acids is 2. The minimum Gasteiger partial charge on any atom is -0.497 e. The molecule has 2 aromatic carbocycles. The van der Waals surface area contributed by atoms with Crippen molar-refractivity contribution >= 4 is 17.7 Å². The van der Waals surface area contributed by atoms with E-state index in [1.807, 2.05) is 53.4 Å². The Labute approximate surface area is 247 Å². The van der Waals surface area contributed by atoms with Crippen LogP contribution in [0.3, 0.4) is 0 Å². The number of ether oxygens (including phenoxy) is 2. The van der Waals surface area contributed by atoms with Gasteiger partial charge < -0.3 is 34.9 Å². The van der Waals surface area contributed by atoms with Crippen LogP contribution < -0.4 is 20.7 Å². The first-order valence-electron chi connectivity index (χ1n) is 14.9. The van der Waals surface area contributed by atoms with E-state index in [1.54, 1.807) is 13.4 Å². The number of alkyl carbamates (subject to hydrolysis) is 1. The zero-order valence-corrected chi connectivity index (χ0v) is 24.8. The van der Waals surface area contributed by atoms with Crippen LogP contribution in [0.25, 0.3) is 11.3 Å². The summed E-state index contributed by atoms with van der Waals surface area (Å²) >= 11 is 0. The number of aryl methyl sites for hydroxylation is 1. The second-order valence-electron chi connectivity index (χ2n) is 11.1. The van der Waals surface area contributed by atoms with Crippen molar-refractivity contribution in [1.29, 1.82) is 0 Å². The van der Waals surface area contributed by atoms with Crippen molar-refractivity contribution in [3.05, 3.63) is 66.1 Å². The van der Waals surface area contributed by atoms with E-state index in [0.29, 0.717) is 18.8 Å². The predicted molar refractivity (Wildman–Crippen MR) is 163 cm³/mol. The highest BCUT2D eigenvalue weighted by Crippen LogP contribution is 2.35. The lowest BCUT2D eigenvalue weighted by Gasteiger charge is -2.36. The normalized spacial score (nSPS) is 20.5. The van der Waals surface area contributed by atoms with Crippen LogP contribution in [0.15, 0.2) is 54.9 Å². The maximum absolute atomic E-state index is 14.3. The molecule has 1 saturated carbocycles. The molecule has 3 atom stereocenters. The Kier molecular flexibility index (Phi) is 9.63. The third kappa shape index (κ3) is 6.54. The van der Waals surface area contributed by atoms with Gasteiger partial charge in [-0.05, 0) is 37.8 Å². The molecule has 3 aromatic rings. The summed E-state index contributed by atoms with van der Waals surface area (Å²) in [5.41, 5.74) is 4.36. The third-order valence-corrected chi connectivity index (χ3v) is 8.47.